The summed E-state index contributed by atoms with van der Waals surface area (Å²) < 4.78 is 18.3. The number of benzene rings is 1. The van der Waals surface area contributed by atoms with Crippen LogP contribution in [0.15, 0.2) is 24.3 Å². The number of carbonyl (C=O) groups is 1. The van der Waals surface area contributed by atoms with E-state index in [4.69, 9.17) is 4.74 Å². The molecular weight excluding hydrogens is 311 g/mol. The number of rotatable bonds is 3. The van der Waals surface area contributed by atoms with Gasteiger partial charge in [-0.05, 0) is 38.1 Å². The lowest BCUT2D eigenvalue weighted by molar-refractivity contribution is 0.102. The molecule has 24 heavy (non-hydrogen) atoms. The summed E-state index contributed by atoms with van der Waals surface area (Å²) in [6.07, 6.45) is 0. The molecule has 1 aromatic carbocycles. The van der Waals surface area contributed by atoms with Crippen molar-refractivity contribution in [2.24, 2.45) is 0 Å². The number of nitrogens with zero attached hydrogens (tertiary/aromatic N) is 3. The number of morpholine rings is 1. The van der Waals surface area contributed by atoms with Gasteiger partial charge in [0.2, 0.25) is 5.95 Å². The Morgan fingerprint density at radius 2 is 1.71 bits per heavy atom. The number of hydrogen-bond acceptors (Lipinski definition) is 5. The van der Waals surface area contributed by atoms with E-state index in [9.17, 15) is 9.18 Å². The Labute approximate surface area is 139 Å². The molecule has 1 aromatic heterocycles. The highest BCUT2D eigenvalue weighted by Crippen LogP contribution is 2.21. The third-order valence-electron chi connectivity index (χ3n) is 3.90. The molecule has 0 radical (unpaired) electrons. The summed E-state index contributed by atoms with van der Waals surface area (Å²) in [6, 6.07) is 5.40. The summed E-state index contributed by atoms with van der Waals surface area (Å²) in [5.41, 5.74) is 2.35. The number of nitrogens with one attached hydrogen (secondary N) is 1. The standard InChI is InChI=1S/C17H19FN4O2/c1-11-15(21-16(23)13-3-5-14(18)6-4-13)12(2)20-17(19-11)22-7-9-24-10-8-22/h3-6H,7-10H2,1-2H3,(H,21,23). The van der Waals surface area contributed by atoms with E-state index < -0.39 is 0 Å². The van der Waals surface area contributed by atoms with E-state index in [0.29, 0.717) is 41.8 Å². The molecule has 1 N–H and O–H groups in total. The molecule has 0 unspecified atom stereocenters. The molecule has 1 saturated heterocycles. The second kappa shape index (κ2) is 6.92. The quantitative estimate of drug-likeness (QED) is 0.935. The first-order valence-corrected chi connectivity index (χ1v) is 7.79. The zero-order valence-electron chi connectivity index (χ0n) is 13.7. The van der Waals surface area contributed by atoms with Crippen molar-refractivity contribution in [1.82, 2.24) is 9.97 Å². The second-order valence-corrected chi connectivity index (χ2v) is 5.63. The van der Waals surface area contributed by atoms with Crippen LogP contribution in [0.25, 0.3) is 0 Å². The Morgan fingerprint density at radius 3 is 2.29 bits per heavy atom. The van der Waals surface area contributed by atoms with Crippen molar-refractivity contribution >= 4 is 17.5 Å². The van der Waals surface area contributed by atoms with Crippen molar-refractivity contribution < 1.29 is 13.9 Å². The van der Waals surface area contributed by atoms with Gasteiger partial charge in [-0.15, -0.1) is 0 Å². The first kappa shape index (κ1) is 16.3. The fraction of sp³-hybridized carbons (Fsp3) is 0.353. The number of anilines is 2. The highest BCUT2D eigenvalue weighted by atomic mass is 19.1. The maximum atomic E-state index is 13.0. The number of carbonyl (C=O) groups excluding carboxylic acids is 1. The maximum Gasteiger partial charge on any atom is 0.255 e. The summed E-state index contributed by atoms with van der Waals surface area (Å²) in [7, 11) is 0. The molecule has 0 atom stereocenters. The molecule has 7 heteroatoms. The Kier molecular flexibility index (Phi) is 4.71. The molecule has 0 spiro atoms. The van der Waals surface area contributed by atoms with Gasteiger partial charge in [0.1, 0.15) is 5.82 Å². The fourth-order valence-corrected chi connectivity index (χ4v) is 2.57. The van der Waals surface area contributed by atoms with Gasteiger partial charge in [-0.25, -0.2) is 14.4 Å². The lowest BCUT2D eigenvalue weighted by atomic mass is 10.2. The van der Waals surface area contributed by atoms with Gasteiger partial charge in [-0.3, -0.25) is 4.79 Å². The minimum Gasteiger partial charge on any atom is -0.378 e. The van der Waals surface area contributed by atoms with Crippen LogP contribution in [-0.2, 0) is 4.74 Å². The molecule has 0 aliphatic carbocycles. The van der Waals surface area contributed by atoms with E-state index in [-0.39, 0.29) is 11.7 Å². The molecule has 2 heterocycles. The van der Waals surface area contributed by atoms with Gasteiger partial charge in [0.15, 0.2) is 0 Å². The van der Waals surface area contributed by atoms with E-state index in [1.165, 1.54) is 24.3 Å². The summed E-state index contributed by atoms with van der Waals surface area (Å²) >= 11 is 0. The number of aromatic nitrogens is 2. The smallest absolute Gasteiger partial charge is 0.255 e. The Balaban J connectivity index is 1.80. The predicted octanol–water partition coefficient (Wildman–Crippen LogP) is 2.32. The Bertz CT molecular complexity index is 720. The van der Waals surface area contributed by atoms with Crippen molar-refractivity contribution in [3.8, 4) is 0 Å². The number of halogens is 1. The first-order chi connectivity index (χ1) is 11.5. The first-order valence-electron chi connectivity index (χ1n) is 7.79. The Morgan fingerprint density at radius 1 is 1.12 bits per heavy atom. The molecule has 0 bridgehead atoms. The summed E-state index contributed by atoms with van der Waals surface area (Å²) in [5.74, 6) is -0.0471. The van der Waals surface area contributed by atoms with Crippen LogP contribution in [0.2, 0.25) is 0 Å². The topological polar surface area (TPSA) is 67.3 Å². The summed E-state index contributed by atoms with van der Waals surface area (Å²) in [5, 5.41) is 2.81. The highest BCUT2D eigenvalue weighted by molar-refractivity contribution is 6.04. The molecule has 6 nitrogen and oxygen atoms in total. The van der Waals surface area contributed by atoms with Crippen molar-refractivity contribution in [2.75, 3.05) is 36.5 Å². The van der Waals surface area contributed by atoms with Crippen LogP contribution in [0.3, 0.4) is 0 Å². The predicted molar refractivity (Wildman–Crippen MR) is 88.9 cm³/mol. The van der Waals surface area contributed by atoms with Gasteiger partial charge >= 0.3 is 0 Å². The van der Waals surface area contributed by atoms with Crippen LogP contribution >= 0.6 is 0 Å². The molecule has 2 aromatic rings. The van der Waals surface area contributed by atoms with E-state index in [0.717, 1.165) is 13.1 Å². The normalized spacial score (nSPS) is 14.5. The highest BCUT2D eigenvalue weighted by Gasteiger charge is 2.18. The van der Waals surface area contributed by atoms with Gasteiger partial charge in [0.25, 0.3) is 5.91 Å². The largest absolute Gasteiger partial charge is 0.378 e. The van der Waals surface area contributed by atoms with Gasteiger partial charge in [0, 0.05) is 18.7 Å². The molecule has 3 rings (SSSR count). The van der Waals surface area contributed by atoms with Crippen LogP contribution in [-0.4, -0.2) is 42.2 Å². The second-order valence-electron chi connectivity index (χ2n) is 5.63. The van der Waals surface area contributed by atoms with E-state index >= 15 is 0 Å². The van der Waals surface area contributed by atoms with Crippen LogP contribution in [0.4, 0.5) is 16.0 Å². The lowest BCUT2D eigenvalue weighted by Gasteiger charge is -2.27. The Hall–Kier alpha value is -2.54. The van der Waals surface area contributed by atoms with Crippen molar-refractivity contribution in [3.63, 3.8) is 0 Å². The average Bonchev–Trinajstić information content (AvgIpc) is 2.59. The van der Waals surface area contributed by atoms with Crippen LogP contribution in [0.5, 0.6) is 0 Å². The monoisotopic (exact) mass is 330 g/mol. The average molecular weight is 330 g/mol. The molecule has 1 amide bonds. The molecule has 1 aliphatic heterocycles. The number of ether oxygens (including phenoxy) is 1. The number of hydrogen-bond donors (Lipinski definition) is 1. The van der Waals surface area contributed by atoms with Gasteiger partial charge < -0.3 is 15.0 Å². The minimum absolute atomic E-state index is 0.316. The minimum atomic E-state index is -0.378. The summed E-state index contributed by atoms with van der Waals surface area (Å²) in [4.78, 5) is 23.4. The number of aryl methyl sites for hydroxylation is 2. The van der Waals surface area contributed by atoms with Crippen molar-refractivity contribution in [2.45, 2.75) is 13.8 Å². The van der Waals surface area contributed by atoms with Gasteiger partial charge in [-0.2, -0.15) is 0 Å². The summed E-state index contributed by atoms with van der Waals surface area (Å²) in [6.45, 7) is 6.48. The van der Waals surface area contributed by atoms with Gasteiger partial charge in [-0.1, -0.05) is 0 Å². The van der Waals surface area contributed by atoms with Gasteiger partial charge in [0.05, 0.1) is 30.3 Å². The van der Waals surface area contributed by atoms with E-state index in [2.05, 4.69) is 20.2 Å². The third-order valence-corrected chi connectivity index (χ3v) is 3.90. The lowest BCUT2D eigenvalue weighted by Crippen LogP contribution is -2.37. The number of amides is 1. The maximum absolute atomic E-state index is 13.0. The molecular formula is C17H19FN4O2. The van der Waals surface area contributed by atoms with E-state index in [1.807, 2.05) is 13.8 Å². The third kappa shape index (κ3) is 3.51. The fourth-order valence-electron chi connectivity index (χ4n) is 2.57. The molecule has 126 valence electrons. The van der Waals surface area contributed by atoms with Crippen LogP contribution < -0.4 is 10.2 Å². The molecule has 1 fully saturated rings. The zero-order chi connectivity index (χ0) is 17.1. The van der Waals surface area contributed by atoms with Crippen LogP contribution in [0, 0.1) is 19.7 Å². The van der Waals surface area contributed by atoms with E-state index in [1.54, 1.807) is 0 Å². The molecule has 1 aliphatic rings. The van der Waals surface area contributed by atoms with Crippen LogP contribution in [0.1, 0.15) is 21.7 Å². The molecule has 0 saturated carbocycles. The SMILES string of the molecule is Cc1nc(N2CCOCC2)nc(C)c1NC(=O)c1ccc(F)cc1. The van der Waals surface area contributed by atoms with Crippen molar-refractivity contribution in [3.05, 3.63) is 47.0 Å². The van der Waals surface area contributed by atoms with Crippen molar-refractivity contribution in [1.29, 1.82) is 0 Å². The zero-order valence-corrected chi connectivity index (χ0v) is 13.7.